The molecule has 0 radical (unpaired) electrons. The summed E-state index contributed by atoms with van der Waals surface area (Å²) in [4.78, 5) is 10.1. The summed E-state index contributed by atoms with van der Waals surface area (Å²) < 4.78 is 0. The number of aromatic nitrogens is 3. The van der Waals surface area contributed by atoms with Gasteiger partial charge in [-0.25, -0.2) is 0 Å². The molecule has 1 heterocycles. The Bertz CT molecular complexity index is 394. The fourth-order valence-electron chi connectivity index (χ4n) is 0.887. The Morgan fingerprint density at radius 3 is 3.18 bits per heavy atom. The van der Waals surface area contributed by atoms with E-state index in [9.17, 15) is 4.91 Å². The lowest BCUT2D eigenvalue weighted by atomic mass is 10.3. The summed E-state index contributed by atoms with van der Waals surface area (Å²) in [5.41, 5.74) is 1.82. The SMILES string of the molecule is O=Nc1ccc2[nH]nnc2c1. The van der Waals surface area contributed by atoms with Gasteiger partial charge < -0.3 is 0 Å². The van der Waals surface area contributed by atoms with Crippen LogP contribution in [0.3, 0.4) is 0 Å². The van der Waals surface area contributed by atoms with E-state index in [1.807, 2.05) is 0 Å². The number of fused-ring (bicyclic) bond motifs is 1. The first-order valence-electron chi connectivity index (χ1n) is 3.04. The van der Waals surface area contributed by atoms with Crippen LogP contribution in [0.25, 0.3) is 11.0 Å². The van der Waals surface area contributed by atoms with Crippen LogP contribution >= 0.6 is 0 Å². The Morgan fingerprint density at radius 2 is 2.36 bits per heavy atom. The molecule has 0 amide bonds. The third kappa shape index (κ3) is 0.861. The zero-order valence-electron chi connectivity index (χ0n) is 5.48. The minimum atomic E-state index is 0.367. The molecule has 54 valence electrons. The second kappa shape index (κ2) is 2.12. The van der Waals surface area contributed by atoms with Crippen LogP contribution in [0, 0.1) is 4.91 Å². The Kier molecular flexibility index (Phi) is 1.15. The molecule has 2 rings (SSSR count). The van der Waals surface area contributed by atoms with Gasteiger partial charge in [-0.2, -0.15) is 0 Å². The summed E-state index contributed by atoms with van der Waals surface area (Å²) in [6, 6.07) is 4.90. The van der Waals surface area contributed by atoms with Crippen LogP contribution in [0.4, 0.5) is 5.69 Å². The Labute approximate surface area is 61.4 Å². The number of nitrogens with one attached hydrogen (secondary N) is 1. The monoisotopic (exact) mass is 148 g/mol. The molecule has 0 spiro atoms. The van der Waals surface area contributed by atoms with Crippen molar-refractivity contribution in [1.82, 2.24) is 15.4 Å². The first kappa shape index (κ1) is 5.96. The molecule has 0 aliphatic rings. The van der Waals surface area contributed by atoms with E-state index in [0.29, 0.717) is 11.2 Å². The molecule has 0 atom stereocenters. The molecule has 5 heteroatoms. The lowest BCUT2D eigenvalue weighted by Gasteiger charge is -1.85. The smallest absolute Gasteiger partial charge is 0.115 e. The number of hydrogen-bond acceptors (Lipinski definition) is 4. The van der Waals surface area contributed by atoms with E-state index in [1.165, 1.54) is 0 Å². The van der Waals surface area contributed by atoms with Crippen LogP contribution in [-0.2, 0) is 0 Å². The molecule has 1 aromatic heterocycles. The van der Waals surface area contributed by atoms with Gasteiger partial charge in [-0.05, 0) is 23.4 Å². The van der Waals surface area contributed by atoms with Crippen molar-refractivity contribution in [2.75, 3.05) is 0 Å². The van der Waals surface area contributed by atoms with E-state index in [2.05, 4.69) is 20.6 Å². The summed E-state index contributed by atoms with van der Waals surface area (Å²) in [5.74, 6) is 0. The maximum absolute atomic E-state index is 10.1. The van der Waals surface area contributed by atoms with Crippen molar-refractivity contribution in [3.05, 3.63) is 23.1 Å². The number of benzene rings is 1. The summed E-state index contributed by atoms with van der Waals surface area (Å²) >= 11 is 0. The molecule has 2 aromatic rings. The van der Waals surface area contributed by atoms with Gasteiger partial charge in [0.15, 0.2) is 0 Å². The van der Waals surface area contributed by atoms with Crippen molar-refractivity contribution in [2.24, 2.45) is 5.18 Å². The van der Waals surface area contributed by atoms with Crippen LogP contribution < -0.4 is 0 Å². The van der Waals surface area contributed by atoms with E-state index in [4.69, 9.17) is 0 Å². The predicted octanol–water partition coefficient (Wildman–Crippen LogP) is 1.36. The van der Waals surface area contributed by atoms with Crippen molar-refractivity contribution < 1.29 is 0 Å². The largest absolute Gasteiger partial charge is 0.258 e. The summed E-state index contributed by atoms with van der Waals surface area (Å²) in [6.07, 6.45) is 0. The van der Waals surface area contributed by atoms with E-state index in [0.717, 1.165) is 5.52 Å². The molecular formula is C6H4N4O. The normalized spacial score (nSPS) is 10.2. The van der Waals surface area contributed by atoms with Gasteiger partial charge >= 0.3 is 0 Å². The van der Waals surface area contributed by atoms with Crippen LogP contribution in [0.1, 0.15) is 0 Å². The zero-order chi connectivity index (χ0) is 7.68. The lowest BCUT2D eigenvalue weighted by molar-refractivity contribution is 0.959. The highest BCUT2D eigenvalue weighted by Crippen LogP contribution is 2.16. The third-order valence-electron chi connectivity index (χ3n) is 1.41. The van der Waals surface area contributed by atoms with Gasteiger partial charge in [-0.1, -0.05) is 5.21 Å². The van der Waals surface area contributed by atoms with Crippen LogP contribution in [0.15, 0.2) is 23.4 Å². The predicted molar refractivity (Wildman–Crippen MR) is 39.3 cm³/mol. The quantitative estimate of drug-likeness (QED) is 0.620. The van der Waals surface area contributed by atoms with Crippen molar-refractivity contribution >= 4 is 16.7 Å². The molecule has 1 aromatic carbocycles. The van der Waals surface area contributed by atoms with Gasteiger partial charge in [0.1, 0.15) is 11.2 Å². The number of rotatable bonds is 1. The van der Waals surface area contributed by atoms with Crippen LogP contribution in [-0.4, -0.2) is 15.4 Å². The highest BCUT2D eigenvalue weighted by Gasteiger charge is 1.97. The molecule has 0 saturated carbocycles. The van der Waals surface area contributed by atoms with Gasteiger partial charge in [0.2, 0.25) is 0 Å². The molecule has 0 fully saturated rings. The molecule has 0 bridgehead atoms. The molecule has 0 unspecified atom stereocenters. The fourth-order valence-corrected chi connectivity index (χ4v) is 0.887. The zero-order valence-corrected chi connectivity index (χ0v) is 5.48. The molecule has 5 nitrogen and oxygen atoms in total. The van der Waals surface area contributed by atoms with E-state index in [-0.39, 0.29) is 0 Å². The first-order chi connectivity index (χ1) is 5.40. The van der Waals surface area contributed by atoms with Crippen LogP contribution in [0.2, 0.25) is 0 Å². The fraction of sp³-hybridized carbons (Fsp3) is 0. The Balaban J connectivity index is 2.76. The van der Waals surface area contributed by atoms with Crippen molar-refractivity contribution in [3.8, 4) is 0 Å². The Hall–Kier alpha value is -1.78. The minimum absolute atomic E-state index is 0.367. The molecule has 0 saturated heterocycles. The van der Waals surface area contributed by atoms with Crippen molar-refractivity contribution in [2.45, 2.75) is 0 Å². The standard InChI is InChI=1S/C6H4N4O/c11-9-4-1-2-5-6(3-4)8-10-7-5/h1-3H,(H,7,8,10). The second-order valence-corrected chi connectivity index (χ2v) is 2.10. The van der Waals surface area contributed by atoms with E-state index < -0.39 is 0 Å². The number of aromatic amines is 1. The molecule has 1 N–H and O–H groups in total. The van der Waals surface area contributed by atoms with Gasteiger partial charge in [-0.3, -0.25) is 5.10 Å². The maximum atomic E-state index is 10.1. The lowest BCUT2D eigenvalue weighted by Crippen LogP contribution is -1.67. The maximum Gasteiger partial charge on any atom is 0.115 e. The van der Waals surface area contributed by atoms with Gasteiger partial charge in [0, 0.05) is 0 Å². The molecule has 0 aliphatic carbocycles. The number of hydrogen-bond donors (Lipinski definition) is 1. The number of nitrogens with zero attached hydrogens (tertiary/aromatic N) is 3. The van der Waals surface area contributed by atoms with Crippen molar-refractivity contribution in [1.29, 1.82) is 0 Å². The highest BCUT2D eigenvalue weighted by atomic mass is 16.3. The van der Waals surface area contributed by atoms with Gasteiger partial charge in [-0.15, -0.1) is 10.0 Å². The average Bonchev–Trinajstić information content (AvgIpc) is 2.50. The molecule has 11 heavy (non-hydrogen) atoms. The minimum Gasteiger partial charge on any atom is -0.258 e. The van der Waals surface area contributed by atoms with Gasteiger partial charge in [0.05, 0.1) is 5.52 Å². The van der Waals surface area contributed by atoms with E-state index >= 15 is 0 Å². The second-order valence-electron chi connectivity index (χ2n) is 2.10. The average molecular weight is 148 g/mol. The summed E-state index contributed by atoms with van der Waals surface area (Å²) in [5, 5.41) is 12.7. The molecule has 0 aliphatic heterocycles. The number of H-pyrrole nitrogens is 1. The summed E-state index contributed by atoms with van der Waals surface area (Å²) in [6.45, 7) is 0. The van der Waals surface area contributed by atoms with E-state index in [1.54, 1.807) is 18.2 Å². The summed E-state index contributed by atoms with van der Waals surface area (Å²) in [7, 11) is 0. The Morgan fingerprint density at radius 1 is 1.45 bits per heavy atom. The van der Waals surface area contributed by atoms with Crippen LogP contribution in [0.5, 0.6) is 0 Å². The topological polar surface area (TPSA) is 71.0 Å². The van der Waals surface area contributed by atoms with Crippen molar-refractivity contribution in [3.63, 3.8) is 0 Å². The number of nitroso groups, excluding NO2 is 1. The highest BCUT2D eigenvalue weighted by molar-refractivity contribution is 5.76. The van der Waals surface area contributed by atoms with Gasteiger partial charge in [0.25, 0.3) is 0 Å². The third-order valence-corrected chi connectivity index (χ3v) is 1.41. The first-order valence-corrected chi connectivity index (χ1v) is 3.04. The molecular weight excluding hydrogens is 144 g/mol.